The lowest BCUT2D eigenvalue weighted by molar-refractivity contribution is -0.0456. The molecule has 0 radical (unpaired) electrons. The molecule has 2 aliphatic rings. The van der Waals surface area contributed by atoms with Crippen LogP contribution in [0.2, 0.25) is 0 Å². The van der Waals surface area contributed by atoms with Gasteiger partial charge in [0.25, 0.3) is 0 Å². The topological polar surface area (TPSA) is 81.4 Å². The first-order valence-electron chi connectivity index (χ1n) is 15.4. The van der Waals surface area contributed by atoms with Crippen LogP contribution in [0.5, 0.6) is 23.0 Å². The number of likely N-dealkylation sites (tertiary alicyclic amines) is 1. The Kier molecular flexibility index (Phi) is 7.71. The third kappa shape index (κ3) is 5.28. The van der Waals surface area contributed by atoms with E-state index in [0.29, 0.717) is 23.7 Å². The van der Waals surface area contributed by atoms with Crippen LogP contribution in [0.1, 0.15) is 43.2 Å². The number of aromatic hydroxyl groups is 1. The van der Waals surface area contributed by atoms with E-state index in [1.54, 1.807) is 24.3 Å². The molecule has 1 saturated heterocycles. The van der Waals surface area contributed by atoms with Crippen molar-refractivity contribution in [3.8, 4) is 34.3 Å². The average molecular weight is 590 g/mol. The van der Waals surface area contributed by atoms with Crippen LogP contribution in [0.3, 0.4) is 0 Å². The number of fused-ring (bicyclic) bond motifs is 3. The van der Waals surface area contributed by atoms with Crippen molar-refractivity contribution >= 4 is 11.0 Å². The van der Waals surface area contributed by atoms with Crippen LogP contribution in [-0.4, -0.2) is 36.2 Å². The van der Waals surface area contributed by atoms with Gasteiger partial charge in [0.15, 0.2) is 17.1 Å². The number of piperidine rings is 1. The zero-order chi connectivity index (χ0) is 29.9. The van der Waals surface area contributed by atoms with Gasteiger partial charge < -0.3 is 28.6 Å². The molecular weight excluding hydrogens is 554 g/mol. The van der Waals surface area contributed by atoms with Gasteiger partial charge in [0, 0.05) is 16.7 Å². The molecule has 0 saturated carbocycles. The molecule has 0 spiro atoms. The molecule has 2 aliphatic heterocycles. The highest BCUT2D eigenvalue weighted by Crippen LogP contribution is 2.51. The van der Waals surface area contributed by atoms with Crippen molar-refractivity contribution in [1.29, 1.82) is 0 Å². The minimum Gasteiger partial charge on any atom is -0.502 e. The SMILES string of the molecule is O=c1c(O)c(-c2ccc(OCCCCN3CCCCC3)cc2)oc2c3c(ccc12)OC(c1ccccc1)(c1ccccc1)O3. The highest BCUT2D eigenvalue weighted by molar-refractivity contribution is 5.89. The van der Waals surface area contributed by atoms with Crippen molar-refractivity contribution in [3.63, 3.8) is 0 Å². The molecule has 0 amide bonds. The van der Waals surface area contributed by atoms with Crippen LogP contribution in [0.25, 0.3) is 22.3 Å². The summed E-state index contributed by atoms with van der Waals surface area (Å²) in [5.74, 6) is -0.207. The van der Waals surface area contributed by atoms with Crippen molar-refractivity contribution in [1.82, 2.24) is 4.90 Å². The second kappa shape index (κ2) is 12.1. The van der Waals surface area contributed by atoms with Gasteiger partial charge in [-0.25, -0.2) is 0 Å². The highest BCUT2D eigenvalue weighted by Gasteiger charge is 2.46. The third-order valence-electron chi connectivity index (χ3n) is 8.46. The van der Waals surface area contributed by atoms with Gasteiger partial charge in [0.1, 0.15) is 5.75 Å². The Morgan fingerprint density at radius 2 is 1.45 bits per heavy atom. The molecule has 3 heterocycles. The van der Waals surface area contributed by atoms with E-state index in [9.17, 15) is 9.90 Å². The zero-order valence-corrected chi connectivity index (χ0v) is 24.5. The van der Waals surface area contributed by atoms with Crippen LogP contribution in [0.4, 0.5) is 0 Å². The molecule has 0 bridgehead atoms. The molecule has 224 valence electrons. The second-order valence-electron chi connectivity index (χ2n) is 11.4. The Morgan fingerprint density at radius 1 is 0.773 bits per heavy atom. The Morgan fingerprint density at radius 3 is 2.14 bits per heavy atom. The lowest BCUT2D eigenvalue weighted by Gasteiger charge is -2.28. The Labute approximate surface area is 256 Å². The van der Waals surface area contributed by atoms with Crippen molar-refractivity contribution in [2.75, 3.05) is 26.2 Å². The number of nitrogens with zero attached hydrogens (tertiary/aromatic N) is 1. The summed E-state index contributed by atoms with van der Waals surface area (Å²) in [7, 11) is 0. The van der Waals surface area contributed by atoms with E-state index in [4.69, 9.17) is 18.6 Å². The Bertz CT molecular complexity index is 1750. The normalized spacial score (nSPS) is 15.8. The van der Waals surface area contributed by atoms with Gasteiger partial charge in [-0.2, -0.15) is 0 Å². The quantitative estimate of drug-likeness (QED) is 0.179. The fourth-order valence-electron chi connectivity index (χ4n) is 6.13. The van der Waals surface area contributed by atoms with Gasteiger partial charge in [-0.05, 0) is 81.7 Å². The molecule has 7 nitrogen and oxygen atoms in total. The largest absolute Gasteiger partial charge is 0.502 e. The van der Waals surface area contributed by atoms with Gasteiger partial charge in [0.2, 0.25) is 16.9 Å². The fraction of sp³-hybridized carbons (Fsp3) is 0.270. The van der Waals surface area contributed by atoms with E-state index in [1.165, 1.54) is 32.4 Å². The molecule has 7 rings (SSSR count). The number of benzene rings is 4. The van der Waals surface area contributed by atoms with E-state index in [-0.39, 0.29) is 16.7 Å². The van der Waals surface area contributed by atoms with Crippen molar-refractivity contribution in [2.24, 2.45) is 0 Å². The molecule has 0 aliphatic carbocycles. The van der Waals surface area contributed by atoms with Crippen LogP contribution in [0, 0.1) is 0 Å². The maximum Gasteiger partial charge on any atom is 0.305 e. The summed E-state index contributed by atoms with van der Waals surface area (Å²) in [6, 6.07) is 29.8. The van der Waals surface area contributed by atoms with E-state index < -0.39 is 17.0 Å². The fourth-order valence-corrected chi connectivity index (χ4v) is 6.13. The van der Waals surface area contributed by atoms with Gasteiger partial charge >= 0.3 is 5.79 Å². The predicted octanol–water partition coefficient (Wildman–Crippen LogP) is 7.48. The molecule has 1 aromatic heterocycles. The summed E-state index contributed by atoms with van der Waals surface area (Å²) in [6.07, 6.45) is 6.06. The maximum absolute atomic E-state index is 13.4. The van der Waals surface area contributed by atoms with E-state index in [0.717, 1.165) is 36.3 Å². The molecular formula is C37H35NO6. The predicted molar refractivity (Wildman–Crippen MR) is 170 cm³/mol. The summed E-state index contributed by atoms with van der Waals surface area (Å²) in [5, 5.41) is 11.1. The number of ether oxygens (including phenoxy) is 3. The summed E-state index contributed by atoms with van der Waals surface area (Å²) in [5.41, 5.74) is 1.80. The van der Waals surface area contributed by atoms with E-state index >= 15 is 0 Å². The third-order valence-corrected chi connectivity index (χ3v) is 8.46. The van der Waals surface area contributed by atoms with Crippen molar-refractivity contribution in [3.05, 3.63) is 118 Å². The number of unbranched alkanes of at least 4 members (excludes halogenated alkanes) is 1. The summed E-state index contributed by atoms with van der Waals surface area (Å²) < 4.78 is 25.4. The highest BCUT2D eigenvalue weighted by atomic mass is 16.7. The number of rotatable bonds is 9. The monoisotopic (exact) mass is 589 g/mol. The Balaban J connectivity index is 1.15. The smallest absolute Gasteiger partial charge is 0.305 e. The van der Waals surface area contributed by atoms with E-state index in [2.05, 4.69) is 4.90 Å². The molecule has 0 unspecified atom stereocenters. The average Bonchev–Trinajstić information content (AvgIpc) is 3.49. The summed E-state index contributed by atoms with van der Waals surface area (Å²) >= 11 is 0. The first kappa shape index (κ1) is 28.0. The molecule has 4 aromatic carbocycles. The first-order valence-corrected chi connectivity index (χ1v) is 15.4. The van der Waals surface area contributed by atoms with Gasteiger partial charge in [0.05, 0.1) is 12.0 Å². The number of hydrogen-bond donors (Lipinski definition) is 1. The lowest BCUT2D eigenvalue weighted by atomic mass is 9.97. The summed E-state index contributed by atoms with van der Waals surface area (Å²) in [4.78, 5) is 15.9. The lowest BCUT2D eigenvalue weighted by Crippen LogP contribution is -2.36. The molecule has 5 aromatic rings. The molecule has 7 heteroatoms. The second-order valence-corrected chi connectivity index (χ2v) is 11.4. The maximum atomic E-state index is 13.4. The summed E-state index contributed by atoms with van der Waals surface area (Å²) in [6.45, 7) is 4.18. The van der Waals surface area contributed by atoms with E-state index in [1.807, 2.05) is 72.8 Å². The molecule has 0 atom stereocenters. The van der Waals surface area contributed by atoms with Crippen molar-refractivity contribution in [2.45, 2.75) is 37.9 Å². The minimum atomic E-state index is -1.28. The van der Waals surface area contributed by atoms with Crippen molar-refractivity contribution < 1.29 is 23.7 Å². The van der Waals surface area contributed by atoms with Crippen LogP contribution in [-0.2, 0) is 5.79 Å². The van der Waals surface area contributed by atoms with Gasteiger partial charge in [-0.15, -0.1) is 0 Å². The Hall–Kier alpha value is -4.75. The van der Waals surface area contributed by atoms with Crippen LogP contribution in [0.15, 0.2) is 106 Å². The van der Waals surface area contributed by atoms with Crippen LogP contribution < -0.4 is 19.6 Å². The standard InChI is InChI=1S/C37H35NO6/c39-32-30-20-21-31-36(44-37(43-31,27-12-4-1-5-13-27)28-14-6-2-7-15-28)35(30)42-34(33(32)40)26-16-18-29(19-17-26)41-25-11-10-24-38-22-8-3-9-23-38/h1-2,4-7,12-21,40H,3,8-11,22-25H2. The first-order chi connectivity index (χ1) is 21.6. The van der Waals surface area contributed by atoms with Crippen LogP contribution >= 0.6 is 0 Å². The van der Waals surface area contributed by atoms with Gasteiger partial charge in [-0.3, -0.25) is 4.79 Å². The molecule has 44 heavy (non-hydrogen) atoms. The molecule has 1 fully saturated rings. The zero-order valence-electron chi connectivity index (χ0n) is 24.5. The minimum absolute atomic E-state index is 0.0597. The molecule has 1 N–H and O–H groups in total. The number of hydrogen-bond acceptors (Lipinski definition) is 7. The van der Waals surface area contributed by atoms with Gasteiger partial charge in [-0.1, -0.05) is 67.1 Å².